The average Bonchev–Trinajstić information content (AvgIpc) is 3.24. The van der Waals surface area contributed by atoms with Crippen molar-refractivity contribution < 1.29 is 23.8 Å². The molecule has 3 aromatic rings. The maximum absolute atomic E-state index is 13.1. The molecule has 0 amide bonds. The monoisotopic (exact) mass is 499 g/mol. The van der Waals surface area contributed by atoms with Crippen molar-refractivity contribution in [3.63, 3.8) is 0 Å². The molecule has 9 heteroatoms. The number of hydrogen-bond donors (Lipinski definition) is 2. The van der Waals surface area contributed by atoms with Crippen molar-refractivity contribution in [2.75, 3.05) is 37.8 Å². The van der Waals surface area contributed by atoms with Crippen LogP contribution >= 0.6 is 11.3 Å². The molecule has 2 aromatic carbocycles. The Morgan fingerprint density at radius 2 is 1.86 bits per heavy atom. The first-order valence-electron chi connectivity index (χ1n) is 11.7. The first kappa shape index (κ1) is 25.1. The highest BCUT2D eigenvalue weighted by Gasteiger charge is 2.18. The Bertz CT molecular complexity index is 1100. The molecule has 4 rings (SSSR count). The van der Waals surface area contributed by atoms with Crippen LogP contribution in [0.15, 0.2) is 48.5 Å². The van der Waals surface area contributed by atoms with Crippen LogP contribution in [0.4, 0.5) is 9.52 Å². The van der Waals surface area contributed by atoms with Crippen LogP contribution in [-0.4, -0.2) is 55.0 Å². The summed E-state index contributed by atoms with van der Waals surface area (Å²) in [5.41, 5.74) is 2.78. The fourth-order valence-electron chi connectivity index (χ4n) is 3.85. The summed E-state index contributed by atoms with van der Waals surface area (Å²) in [7, 11) is 0. The van der Waals surface area contributed by atoms with E-state index < -0.39 is 12.0 Å². The first-order valence-corrected chi connectivity index (χ1v) is 12.5. The van der Waals surface area contributed by atoms with E-state index in [0.717, 1.165) is 60.4 Å². The number of aromatic nitrogens is 1. The highest BCUT2D eigenvalue weighted by Crippen LogP contribution is 2.27. The van der Waals surface area contributed by atoms with Crippen molar-refractivity contribution in [1.29, 1.82) is 0 Å². The van der Waals surface area contributed by atoms with Crippen LogP contribution < -0.4 is 15.0 Å². The summed E-state index contributed by atoms with van der Waals surface area (Å²) < 4.78 is 24.4. The summed E-state index contributed by atoms with van der Waals surface area (Å²) in [6.45, 7) is 6.19. The van der Waals surface area contributed by atoms with Gasteiger partial charge in [-0.25, -0.2) is 9.37 Å². The number of halogens is 1. The minimum absolute atomic E-state index is 0.315. The summed E-state index contributed by atoms with van der Waals surface area (Å²) in [5.74, 6) is -0.506. The lowest BCUT2D eigenvalue weighted by Gasteiger charge is -2.26. The first-order chi connectivity index (χ1) is 17.0. The molecular weight excluding hydrogens is 469 g/mol. The van der Waals surface area contributed by atoms with Gasteiger partial charge in [0.05, 0.1) is 25.5 Å². The van der Waals surface area contributed by atoms with Gasteiger partial charge in [-0.05, 0) is 48.7 Å². The zero-order valence-electron chi connectivity index (χ0n) is 19.7. The van der Waals surface area contributed by atoms with Crippen molar-refractivity contribution in [3.05, 3.63) is 76.0 Å². The molecule has 0 radical (unpaired) electrons. The molecule has 0 aliphatic carbocycles. The number of nitrogens with one attached hydrogen (secondary N) is 1. The highest BCUT2D eigenvalue weighted by molar-refractivity contribution is 7.15. The van der Waals surface area contributed by atoms with Gasteiger partial charge >= 0.3 is 5.97 Å². The van der Waals surface area contributed by atoms with Gasteiger partial charge in [-0.2, -0.15) is 0 Å². The van der Waals surface area contributed by atoms with Crippen LogP contribution in [-0.2, 0) is 28.9 Å². The lowest BCUT2D eigenvalue weighted by molar-refractivity contribution is -0.139. The van der Waals surface area contributed by atoms with Gasteiger partial charge in [-0.3, -0.25) is 4.79 Å². The number of nitrogens with zero attached hydrogens (tertiary/aromatic N) is 2. The summed E-state index contributed by atoms with van der Waals surface area (Å²) in [4.78, 5) is 20.0. The average molecular weight is 500 g/mol. The van der Waals surface area contributed by atoms with E-state index in [0.29, 0.717) is 19.6 Å². The molecule has 1 aliphatic rings. The Hall–Kier alpha value is -3.01. The maximum atomic E-state index is 13.1. The molecule has 1 fully saturated rings. The minimum atomic E-state index is -0.928. The molecular formula is C26H30FN3O4S. The third kappa shape index (κ3) is 7.24. The van der Waals surface area contributed by atoms with E-state index in [-0.39, 0.29) is 5.82 Å². The number of anilines is 1. The SMILES string of the molecule is Cc1sc(N2CCOCC2)nc1CCOc1ccc(CC(NCc2ccc(F)cc2)C(=O)O)cc1. The molecule has 2 heterocycles. The molecule has 2 N–H and O–H groups in total. The summed E-state index contributed by atoms with van der Waals surface area (Å²) >= 11 is 1.71. The maximum Gasteiger partial charge on any atom is 0.321 e. The number of benzene rings is 2. The molecule has 0 spiro atoms. The minimum Gasteiger partial charge on any atom is -0.493 e. The molecule has 1 aliphatic heterocycles. The molecule has 1 aromatic heterocycles. The second kappa shape index (κ2) is 12.1. The number of morpholine rings is 1. The topological polar surface area (TPSA) is 83.9 Å². The van der Waals surface area contributed by atoms with Crippen molar-refractivity contribution >= 4 is 22.4 Å². The van der Waals surface area contributed by atoms with E-state index in [2.05, 4.69) is 17.1 Å². The van der Waals surface area contributed by atoms with Crippen molar-refractivity contribution in [3.8, 4) is 5.75 Å². The standard InChI is InChI=1S/C26H30FN3O4S/c1-18-23(29-26(35-18)30-11-14-33-15-12-30)10-13-34-22-8-4-19(5-9-22)16-24(25(31)32)28-17-20-2-6-21(27)7-3-20/h2-9,24,28H,10-17H2,1H3,(H,31,32). The number of carboxylic acids is 1. The lowest BCUT2D eigenvalue weighted by Crippen LogP contribution is -2.38. The Morgan fingerprint density at radius 3 is 2.54 bits per heavy atom. The molecule has 1 saturated heterocycles. The molecule has 1 unspecified atom stereocenters. The predicted octanol–water partition coefficient (Wildman–Crippen LogP) is 3.83. The summed E-state index contributed by atoms with van der Waals surface area (Å²) in [6, 6.07) is 12.8. The number of ether oxygens (including phenoxy) is 2. The van der Waals surface area contributed by atoms with Crippen LogP contribution in [0.2, 0.25) is 0 Å². The van der Waals surface area contributed by atoms with E-state index in [4.69, 9.17) is 14.5 Å². The number of rotatable bonds is 11. The van der Waals surface area contributed by atoms with Crippen LogP contribution in [0.1, 0.15) is 21.7 Å². The Labute approximate surface area is 208 Å². The molecule has 0 bridgehead atoms. The fourth-order valence-corrected chi connectivity index (χ4v) is 4.85. The number of carbonyl (C=O) groups is 1. The van der Waals surface area contributed by atoms with Gasteiger partial charge in [-0.1, -0.05) is 24.3 Å². The Morgan fingerprint density at radius 1 is 1.17 bits per heavy atom. The number of thiazole rings is 1. The molecule has 35 heavy (non-hydrogen) atoms. The van der Waals surface area contributed by atoms with Crippen molar-refractivity contribution in [1.82, 2.24) is 10.3 Å². The van der Waals surface area contributed by atoms with E-state index in [1.54, 1.807) is 23.5 Å². The number of aryl methyl sites for hydroxylation is 1. The fraction of sp³-hybridized carbons (Fsp3) is 0.385. The van der Waals surface area contributed by atoms with E-state index in [1.165, 1.54) is 17.0 Å². The smallest absolute Gasteiger partial charge is 0.321 e. The summed E-state index contributed by atoms with van der Waals surface area (Å²) in [5, 5.41) is 13.7. The predicted molar refractivity (Wildman–Crippen MR) is 134 cm³/mol. The van der Waals surface area contributed by atoms with Gasteiger partial charge in [-0.15, -0.1) is 11.3 Å². The Balaban J connectivity index is 1.25. The molecule has 1 atom stereocenters. The Kier molecular flexibility index (Phi) is 8.68. The van der Waals surface area contributed by atoms with Gasteiger partial charge in [0, 0.05) is 30.9 Å². The number of hydrogen-bond acceptors (Lipinski definition) is 7. The third-order valence-electron chi connectivity index (χ3n) is 5.90. The normalized spacial score (nSPS) is 14.6. The van der Waals surface area contributed by atoms with Gasteiger partial charge < -0.3 is 24.8 Å². The zero-order chi connectivity index (χ0) is 24.6. The van der Waals surface area contributed by atoms with E-state index >= 15 is 0 Å². The van der Waals surface area contributed by atoms with Crippen LogP contribution in [0.25, 0.3) is 0 Å². The van der Waals surface area contributed by atoms with Gasteiger partial charge in [0.15, 0.2) is 5.13 Å². The molecule has 0 saturated carbocycles. The quantitative estimate of drug-likeness (QED) is 0.415. The number of carboxylic acid groups (broad SMARTS) is 1. The van der Waals surface area contributed by atoms with Gasteiger partial charge in [0.2, 0.25) is 0 Å². The highest BCUT2D eigenvalue weighted by atomic mass is 32.1. The van der Waals surface area contributed by atoms with Crippen LogP contribution in [0.5, 0.6) is 5.75 Å². The largest absolute Gasteiger partial charge is 0.493 e. The van der Waals surface area contributed by atoms with E-state index in [1.807, 2.05) is 24.3 Å². The van der Waals surface area contributed by atoms with Crippen molar-refractivity contribution in [2.24, 2.45) is 0 Å². The second-order valence-electron chi connectivity index (χ2n) is 8.44. The number of aliphatic carboxylic acids is 1. The van der Waals surface area contributed by atoms with Crippen molar-refractivity contribution in [2.45, 2.75) is 32.4 Å². The molecule has 186 valence electrons. The van der Waals surface area contributed by atoms with Gasteiger partial charge in [0.1, 0.15) is 17.6 Å². The second-order valence-corrected chi connectivity index (χ2v) is 9.63. The van der Waals surface area contributed by atoms with E-state index in [9.17, 15) is 14.3 Å². The summed E-state index contributed by atoms with van der Waals surface area (Å²) in [6.07, 6.45) is 1.06. The molecule has 7 nitrogen and oxygen atoms in total. The third-order valence-corrected chi connectivity index (χ3v) is 6.97. The lowest BCUT2D eigenvalue weighted by atomic mass is 10.1. The van der Waals surface area contributed by atoms with Gasteiger partial charge in [0.25, 0.3) is 0 Å². The van der Waals surface area contributed by atoms with Crippen LogP contribution in [0, 0.1) is 12.7 Å². The van der Waals surface area contributed by atoms with Crippen LogP contribution in [0.3, 0.4) is 0 Å². The zero-order valence-corrected chi connectivity index (χ0v) is 20.5.